The average molecular weight is 317 g/mol. The highest BCUT2D eigenvalue weighted by Crippen LogP contribution is 2.31. The van der Waals surface area contributed by atoms with Crippen molar-refractivity contribution >= 4 is 5.91 Å². The fourth-order valence-corrected chi connectivity index (χ4v) is 3.26. The van der Waals surface area contributed by atoms with E-state index in [0.29, 0.717) is 18.7 Å². The zero-order valence-electron chi connectivity index (χ0n) is 14.3. The topological polar surface area (TPSA) is 69.3 Å². The molecule has 0 unspecified atom stereocenters. The van der Waals surface area contributed by atoms with Crippen LogP contribution in [0.1, 0.15) is 58.6 Å². The summed E-state index contributed by atoms with van der Waals surface area (Å²) in [6.45, 7) is 8.33. The third kappa shape index (κ3) is 2.79. The Morgan fingerprint density at radius 1 is 1.43 bits per heavy atom. The van der Waals surface area contributed by atoms with E-state index in [0.717, 1.165) is 28.1 Å². The molecule has 1 aliphatic rings. The minimum Gasteiger partial charge on any atom is -0.469 e. The molecule has 0 spiro atoms. The van der Waals surface area contributed by atoms with Crippen LogP contribution in [-0.2, 0) is 24.8 Å². The van der Waals surface area contributed by atoms with E-state index in [2.05, 4.69) is 10.4 Å². The Hall–Kier alpha value is -2.08. The molecule has 0 bridgehead atoms. The average Bonchev–Trinajstić information content (AvgIpc) is 2.97. The zero-order valence-corrected chi connectivity index (χ0v) is 14.3. The fraction of sp³-hybridized carbons (Fsp3) is 0.529. The molecular weight excluding hydrogens is 294 g/mol. The van der Waals surface area contributed by atoms with Crippen molar-refractivity contribution in [3.63, 3.8) is 0 Å². The van der Waals surface area contributed by atoms with Crippen molar-refractivity contribution in [1.29, 1.82) is 0 Å². The van der Waals surface area contributed by atoms with Crippen LogP contribution in [-0.4, -0.2) is 21.8 Å². The molecule has 0 radical (unpaired) electrons. The molecule has 6 nitrogen and oxygen atoms in total. The summed E-state index contributed by atoms with van der Waals surface area (Å²) in [5.41, 5.74) is 4.56. The van der Waals surface area contributed by atoms with Gasteiger partial charge < -0.3 is 14.5 Å². The zero-order chi connectivity index (χ0) is 16.7. The Balaban J connectivity index is 1.83. The Bertz CT molecular complexity index is 725. The van der Waals surface area contributed by atoms with Gasteiger partial charge in [0.15, 0.2) is 0 Å². The van der Waals surface area contributed by atoms with Crippen LogP contribution in [0.5, 0.6) is 0 Å². The maximum atomic E-state index is 12.7. The molecule has 23 heavy (non-hydrogen) atoms. The van der Waals surface area contributed by atoms with E-state index in [1.54, 1.807) is 18.0 Å². The molecule has 3 heterocycles. The number of hydrogen-bond donors (Lipinski definition) is 1. The van der Waals surface area contributed by atoms with Gasteiger partial charge in [0.05, 0.1) is 24.2 Å². The summed E-state index contributed by atoms with van der Waals surface area (Å²) in [7, 11) is 1.80. The standard InChI is InChI=1S/C17H23N3O3/c1-9-8-22-11(3)14(9)7-18-17(21)16-13-6-10(2)23-12(4)15(13)19-20(16)5/h8,10,12H,6-7H2,1-5H3,(H,18,21)/t10-,12+/m1/s1. The highest BCUT2D eigenvalue weighted by molar-refractivity contribution is 5.94. The Kier molecular flexibility index (Phi) is 4.02. The smallest absolute Gasteiger partial charge is 0.270 e. The van der Waals surface area contributed by atoms with Gasteiger partial charge in [-0.05, 0) is 33.3 Å². The molecule has 124 valence electrons. The number of amides is 1. The number of nitrogens with zero attached hydrogens (tertiary/aromatic N) is 2. The molecule has 2 atom stereocenters. The molecule has 1 N–H and O–H groups in total. The number of carbonyl (C=O) groups excluding carboxylic acids is 1. The summed E-state index contributed by atoms with van der Waals surface area (Å²) in [6, 6.07) is 0. The highest BCUT2D eigenvalue weighted by Gasteiger charge is 2.31. The Morgan fingerprint density at radius 2 is 2.17 bits per heavy atom. The fourth-order valence-electron chi connectivity index (χ4n) is 3.26. The van der Waals surface area contributed by atoms with Gasteiger partial charge in [-0.15, -0.1) is 0 Å². The first-order valence-corrected chi connectivity index (χ1v) is 7.91. The van der Waals surface area contributed by atoms with Crippen LogP contribution in [0.4, 0.5) is 0 Å². The van der Waals surface area contributed by atoms with E-state index < -0.39 is 0 Å². The van der Waals surface area contributed by atoms with E-state index in [-0.39, 0.29) is 18.1 Å². The van der Waals surface area contributed by atoms with Crippen molar-refractivity contribution in [3.8, 4) is 0 Å². The van der Waals surface area contributed by atoms with Gasteiger partial charge >= 0.3 is 0 Å². The highest BCUT2D eigenvalue weighted by atomic mass is 16.5. The molecule has 6 heteroatoms. The van der Waals surface area contributed by atoms with Crippen LogP contribution in [0.25, 0.3) is 0 Å². The minimum atomic E-state index is -0.109. The molecule has 0 aliphatic carbocycles. The SMILES string of the molecule is Cc1coc(C)c1CNC(=O)c1c2c(nn1C)[C@H](C)O[C@H](C)C2. The van der Waals surface area contributed by atoms with Crippen LogP contribution in [0.3, 0.4) is 0 Å². The summed E-state index contributed by atoms with van der Waals surface area (Å²) in [4.78, 5) is 12.7. The number of rotatable bonds is 3. The van der Waals surface area contributed by atoms with Gasteiger partial charge in [0.25, 0.3) is 5.91 Å². The number of fused-ring (bicyclic) bond motifs is 1. The van der Waals surface area contributed by atoms with Gasteiger partial charge in [-0.3, -0.25) is 9.48 Å². The van der Waals surface area contributed by atoms with Crippen LogP contribution in [0, 0.1) is 13.8 Å². The van der Waals surface area contributed by atoms with Crippen molar-refractivity contribution < 1.29 is 13.9 Å². The summed E-state index contributed by atoms with van der Waals surface area (Å²) >= 11 is 0. The number of aromatic nitrogens is 2. The van der Waals surface area contributed by atoms with Gasteiger partial charge in [0, 0.05) is 31.1 Å². The molecule has 1 amide bonds. The van der Waals surface area contributed by atoms with Crippen molar-refractivity contribution in [3.05, 3.63) is 40.1 Å². The van der Waals surface area contributed by atoms with Crippen molar-refractivity contribution in [2.24, 2.45) is 7.05 Å². The van der Waals surface area contributed by atoms with Gasteiger partial charge in [-0.2, -0.15) is 5.10 Å². The lowest BCUT2D eigenvalue weighted by atomic mass is 9.99. The predicted octanol–water partition coefficient (Wildman–Crippen LogP) is 2.58. The van der Waals surface area contributed by atoms with Gasteiger partial charge in [-0.25, -0.2) is 0 Å². The van der Waals surface area contributed by atoms with E-state index in [4.69, 9.17) is 9.15 Å². The number of nitrogens with one attached hydrogen (secondary N) is 1. The molecule has 2 aromatic heterocycles. The lowest BCUT2D eigenvalue weighted by Gasteiger charge is -2.24. The monoisotopic (exact) mass is 317 g/mol. The van der Waals surface area contributed by atoms with Gasteiger partial charge in [0.2, 0.25) is 0 Å². The molecule has 2 aromatic rings. The van der Waals surface area contributed by atoms with E-state index >= 15 is 0 Å². The Morgan fingerprint density at radius 3 is 2.83 bits per heavy atom. The van der Waals surface area contributed by atoms with Crippen LogP contribution < -0.4 is 5.32 Å². The predicted molar refractivity (Wildman–Crippen MR) is 85.2 cm³/mol. The van der Waals surface area contributed by atoms with Crippen molar-refractivity contribution in [2.45, 2.75) is 52.9 Å². The van der Waals surface area contributed by atoms with E-state index in [1.165, 1.54) is 0 Å². The molecule has 1 aliphatic heterocycles. The van der Waals surface area contributed by atoms with E-state index in [1.807, 2.05) is 27.7 Å². The van der Waals surface area contributed by atoms with Gasteiger partial charge in [0.1, 0.15) is 11.5 Å². The molecule has 0 fully saturated rings. The normalized spacial score (nSPS) is 20.4. The van der Waals surface area contributed by atoms with Crippen LogP contribution in [0.15, 0.2) is 10.7 Å². The summed E-state index contributed by atoms with van der Waals surface area (Å²) in [5.74, 6) is 0.730. The van der Waals surface area contributed by atoms with E-state index in [9.17, 15) is 4.79 Å². The van der Waals surface area contributed by atoms with Gasteiger partial charge in [-0.1, -0.05) is 0 Å². The number of furan rings is 1. The lowest BCUT2D eigenvalue weighted by Crippen LogP contribution is -2.28. The van der Waals surface area contributed by atoms with Crippen LogP contribution in [0.2, 0.25) is 0 Å². The largest absolute Gasteiger partial charge is 0.469 e. The maximum Gasteiger partial charge on any atom is 0.270 e. The number of carbonyl (C=O) groups is 1. The molecule has 0 saturated carbocycles. The Labute approximate surface area is 135 Å². The third-order valence-electron chi connectivity index (χ3n) is 4.44. The summed E-state index contributed by atoms with van der Waals surface area (Å²) in [6.07, 6.45) is 2.43. The quantitative estimate of drug-likeness (QED) is 0.944. The maximum absolute atomic E-state index is 12.7. The third-order valence-corrected chi connectivity index (χ3v) is 4.44. The number of aryl methyl sites for hydroxylation is 3. The lowest BCUT2D eigenvalue weighted by molar-refractivity contribution is -0.00710. The van der Waals surface area contributed by atoms with Crippen LogP contribution >= 0.6 is 0 Å². The molecule has 3 rings (SSSR count). The second-order valence-corrected chi connectivity index (χ2v) is 6.27. The first-order chi connectivity index (χ1) is 10.9. The molecular formula is C17H23N3O3. The number of ether oxygens (including phenoxy) is 1. The first-order valence-electron chi connectivity index (χ1n) is 7.91. The number of hydrogen-bond acceptors (Lipinski definition) is 4. The second-order valence-electron chi connectivity index (χ2n) is 6.27. The van der Waals surface area contributed by atoms with Crippen molar-refractivity contribution in [2.75, 3.05) is 0 Å². The first kappa shape index (κ1) is 15.8. The minimum absolute atomic E-state index is 0.0835. The molecule has 0 aromatic carbocycles. The van der Waals surface area contributed by atoms with Crippen molar-refractivity contribution in [1.82, 2.24) is 15.1 Å². The summed E-state index contributed by atoms with van der Waals surface area (Å²) < 4.78 is 12.8. The molecule has 0 saturated heterocycles. The second kappa shape index (κ2) is 5.85. The summed E-state index contributed by atoms with van der Waals surface area (Å²) in [5, 5.41) is 7.47.